The molecule has 0 spiro atoms. The first-order chi connectivity index (χ1) is 5.65. The van der Waals surface area contributed by atoms with Crippen LogP contribution in [0, 0.1) is 6.92 Å². The zero-order valence-electron chi connectivity index (χ0n) is 7.42. The molecule has 0 N–H and O–H groups in total. The van der Waals surface area contributed by atoms with Crippen LogP contribution in [0.1, 0.15) is 23.1 Å². The van der Waals surface area contributed by atoms with Crippen molar-refractivity contribution in [2.45, 2.75) is 13.8 Å². The maximum atomic E-state index is 11.0. The lowest BCUT2D eigenvalue weighted by Crippen LogP contribution is -2.01. The van der Waals surface area contributed by atoms with Gasteiger partial charge in [-0.3, -0.25) is 4.79 Å². The molecule has 0 amide bonds. The summed E-state index contributed by atoms with van der Waals surface area (Å²) in [5, 5.41) is 0. The van der Waals surface area contributed by atoms with Crippen LogP contribution in [0.2, 0.25) is 0 Å². The molecule has 1 aromatic rings. The second-order valence-corrected chi connectivity index (χ2v) is 2.56. The summed E-state index contributed by atoms with van der Waals surface area (Å²) in [6.45, 7) is 3.32. The van der Waals surface area contributed by atoms with Crippen LogP contribution >= 0.6 is 0 Å². The van der Waals surface area contributed by atoms with Crippen molar-refractivity contribution in [3.63, 3.8) is 0 Å². The predicted octanol–water partition coefficient (Wildman–Crippen LogP) is 1.60. The summed E-state index contributed by atoms with van der Waals surface area (Å²) in [7, 11) is 1.53. The molecule has 3 heteroatoms. The molecular formula is C9H11NO2. The molecule has 1 aromatic heterocycles. The Hall–Kier alpha value is -1.38. The zero-order valence-corrected chi connectivity index (χ0v) is 7.42. The summed E-state index contributed by atoms with van der Waals surface area (Å²) in [5.74, 6) is 0.462. The number of Topliss-reactive ketones (excluding diaryl/α,β-unsaturated/α-hetero) is 1. The average Bonchev–Trinajstić information content (AvgIpc) is 2.04. The SMILES string of the molecule is COc1ccc(C)nc1C(C)=O. The van der Waals surface area contributed by atoms with Crippen molar-refractivity contribution >= 4 is 5.78 Å². The molecule has 0 bridgehead atoms. The molecule has 12 heavy (non-hydrogen) atoms. The van der Waals surface area contributed by atoms with E-state index in [1.165, 1.54) is 14.0 Å². The van der Waals surface area contributed by atoms with Gasteiger partial charge in [0.05, 0.1) is 7.11 Å². The highest BCUT2D eigenvalue weighted by Crippen LogP contribution is 2.16. The second-order valence-electron chi connectivity index (χ2n) is 2.56. The normalized spacial score (nSPS) is 9.58. The molecule has 0 atom stereocenters. The Labute approximate surface area is 71.4 Å². The molecule has 1 heterocycles. The summed E-state index contributed by atoms with van der Waals surface area (Å²) in [4.78, 5) is 15.1. The van der Waals surface area contributed by atoms with E-state index < -0.39 is 0 Å². The topological polar surface area (TPSA) is 39.2 Å². The molecule has 0 radical (unpaired) electrons. The smallest absolute Gasteiger partial charge is 0.181 e. The van der Waals surface area contributed by atoms with Crippen molar-refractivity contribution in [1.82, 2.24) is 4.98 Å². The molecular weight excluding hydrogens is 154 g/mol. The number of carbonyl (C=O) groups excluding carboxylic acids is 1. The van der Waals surface area contributed by atoms with Gasteiger partial charge in [0.2, 0.25) is 0 Å². The van der Waals surface area contributed by atoms with Crippen LogP contribution in [-0.2, 0) is 0 Å². The van der Waals surface area contributed by atoms with Crippen molar-refractivity contribution in [2.75, 3.05) is 7.11 Å². The van der Waals surface area contributed by atoms with E-state index in [0.29, 0.717) is 11.4 Å². The monoisotopic (exact) mass is 165 g/mol. The molecule has 0 aromatic carbocycles. The Morgan fingerprint density at radius 2 is 2.17 bits per heavy atom. The summed E-state index contributed by atoms with van der Waals surface area (Å²) in [6.07, 6.45) is 0. The number of aromatic nitrogens is 1. The second kappa shape index (κ2) is 3.34. The minimum Gasteiger partial charge on any atom is -0.494 e. The Balaban J connectivity index is 3.21. The molecule has 0 saturated carbocycles. The van der Waals surface area contributed by atoms with Crippen LogP contribution in [-0.4, -0.2) is 17.9 Å². The highest BCUT2D eigenvalue weighted by molar-refractivity contribution is 5.94. The Morgan fingerprint density at radius 1 is 1.50 bits per heavy atom. The van der Waals surface area contributed by atoms with Crippen LogP contribution in [0.4, 0.5) is 0 Å². The summed E-state index contributed by atoms with van der Waals surface area (Å²) in [6, 6.07) is 3.56. The van der Waals surface area contributed by atoms with Crippen molar-refractivity contribution in [3.8, 4) is 5.75 Å². The Morgan fingerprint density at radius 3 is 2.67 bits per heavy atom. The number of carbonyl (C=O) groups is 1. The lowest BCUT2D eigenvalue weighted by atomic mass is 10.2. The van der Waals surface area contributed by atoms with Crippen LogP contribution in [0.25, 0.3) is 0 Å². The van der Waals surface area contributed by atoms with E-state index >= 15 is 0 Å². The van der Waals surface area contributed by atoms with Gasteiger partial charge >= 0.3 is 0 Å². The Kier molecular flexibility index (Phi) is 2.43. The molecule has 0 aliphatic rings. The van der Waals surface area contributed by atoms with Crippen LogP contribution in [0.15, 0.2) is 12.1 Å². The molecule has 64 valence electrons. The molecule has 1 rings (SSSR count). The largest absolute Gasteiger partial charge is 0.494 e. The minimum absolute atomic E-state index is 0.0736. The summed E-state index contributed by atoms with van der Waals surface area (Å²) < 4.78 is 4.98. The van der Waals surface area contributed by atoms with Gasteiger partial charge < -0.3 is 4.74 Å². The quantitative estimate of drug-likeness (QED) is 0.625. The van der Waals surface area contributed by atoms with Gasteiger partial charge in [0.25, 0.3) is 0 Å². The van der Waals surface area contributed by atoms with E-state index in [0.717, 1.165) is 5.69 Å². The number of aryl methyl sites for hydroxylation is 1. The number of hydrogen-bond acceptors (Lipinski definition) is 3. The van der Waals surface area contributed by atoms with Gasteiger partial charge in [-0.05, 0) is 19.1 Å². The first-order valence-electron chi connectivity index (χ1n) is 3.67. The average molecular weight is 165 g/mol. The van der Waals surface area contributed by atoms with Crippen molar-refractivity contribution in [2.24, 2.45) is 0 Å². The number of nitrogens with zero attached hydrogens (tertiary/aromatic N) is 1. The lowest BCUT2D eigenvalue weighted by molar-refractivity contribution is 0.100. The van der Waals surface area contributed by atoms with Crippen molar-refractivity contribution < 1.29 is 9.53 Å². The van der Waals surface area contributed by atoms with Crippen molar-refractivity contribution in [1.29, 1.82) is 0 Å². The summed E-state index contributed by atoms with van der Waals surface area (Å²) >= 11 is 0. The molecule has 0 aliphatic carbocycles. The Bertz CT molecular complexity index is 307. The van der Waals surface area contributed by atoms with E-state index in [1.807, 2.05) is 13.0 Å². The van der Waals surface area contributed by atoms with Gasteiger partial charge in [-0.15, -0.1) is 0 Å². The van der Waals surface area contributed by atoms with Crippen LogP contribution in [0.5, 0.6) is 5.75 Å². The van der Waals surface area contributed by atoms with Crippen LogP contribution in [0.3, 0.4) is 0 Å². The van der Waals surface area contributed by atoms with Gasteiger partial charge in [0, 0.05) is 12.6 Å². The molecule has 0 unspecified atom stereocenters. The molecule has 0 fully saturated rings. The molecule has 0 aliphatic heterocycles. The highest BCUT2D eigenvalue weighted by Gasteiger charge is 2.08. The maximum absolute atomic E-state index is 11.0. The number of hydrogen-bond donors (Lipinski definition) is 0. The van der Waals surface area contributed by atoms with Gasteiger partial charge in [-0.25, -0.2) is 4.98 Å². The number of pyridine rings is 1. The van der Waals surface area contributed by atoms with Gasteiger partial charge in [0.1, 0.15) is 11.4 Å². The molecule has 3 nitrogen and oxygen atoms in total. The van der Waals surface area contributed by atoms with E-state index in [2.05, 4.69) is 4.98 Å². The first kappa shape index (κ1) is 8.71. The van der Waals surface area contributed by atoms with Gasteiger partial charge in [-0.2, -0.15) is 0 Å². The third kappa shape index (κ3) is 1.61. The number of ether oxygens (including phenoxy) is 1. The fraction of sp³-hybridized carbons (Fsp3) is 0.333. The van der Waals surface area contributed by atoms with Crippen LogP contribution < -0.4 is 4.74 Å². The summed E-state index contributed by atoms with van der Waals surface area (Å²) in [5.41, 5.74) is 1.22. The third-order valence-corrected chi connectivity index (χ3v) is 1.55. The fourth-order valence-corrected chi connectivity index (χ4v) is 0.961. The number of methoxy groups -OCH3 is 1. The fourth-order valence-electron chi connectivity index (χ4n) is 0.961. The van der Waals surface area contributed by atoms with E-state index in [9.17, 15) is 4.79 Å². The first-order valence-corrected chi connectivity index (χ1v) is 3.67. The predicted molar refractivity (Wildman–Crippen MR) is 45.5 cm³/mol. The number of rotatable bonds is 2. The zero-order chi connectivity index (χ0) is 9.14. The van der Waals surface area contributed by atoms with Gasteiger partial charge in [-0.1, -0.05) is 0 Å². The minimum atomic E-state index is -0.0736. The van der Waals surface area contributed by atoms with E-state index in [1.54, 1.807) is 6.07 Å². The third-order valence-electron chi connectivity index (χ3n) is 1.55. The number of ketones is 1. The molecule has 0 saturated heterocycles. The van der Waals surface area contributed by atoms with Gasteiger partial charge in [0.15, 0.2) is 5.78 Å². The van der Waals surface area contributed by atoms with E-state index in [-0.39, 0.29) is 5.78 Å². The maximum Gasteiger partial charge on any atom is 0.181 e. The standard InChI is InChI=1S/C9H11NO2/c1-6-4-5-8(12-3)9(10-6)7(2)11/h4-5H,1-3H3. The van der Waals surface area contributed by atoms with E-state index in [4.69, 9.17) is 4.74 Å². The highest BCUT2D eigenvalue weighted by atomic mass is 16.5. The van der Waals surface area contributed by atoms with Crippen molar-refractivity contribution in [3.05, 3.63) is 23.5 Å². The lowest BCUT2D eigenvalue weighted by Gasteiger charge is -2.04.